The van der Waals surface area contributed by atoms with E-state index in [0.29, 0.717) is 5.69 Å². The molecule has 88 valence electrons. The summed E-state index contributed by atoms with van der Waals surface area (Å²) in [7, 11) is 0. The van der Waals surface area contributed by atoms with E-state index in [2.05, 4.69) is 15.5 Å². The first-order chi connectivity index (χ1) is 8.15. The Hall–Kier alpha value is -2.30. The Morgan fingerprint density at radius 1 is 1.47 bits per heavy atom. The summed E-state index contributed by atoms with van der Waals surface area (Å²) >= 11 is 0. The Labute approximate surface area is 98.5 Å². The molecule has 1 heterocycles. The van der Waals surface area contributed by atoms with Crippen LogP contribution in [0.15, 0.2) is 30.5 Å². The van der Waals surface area contributed by atoms with Gasteiger partial charge in [-0.1, -0.05) is 0 Å². The number of aromatic nitrogens is 2. The summed E-state index contributed by atoms with van der Waals surface area (Å²) in [4.78, 5) is 11.7. The molecule has 2 rings (SSSR count). The number of nitrogens with zero attached hydrogens (tertiary/aromatic N) is 1. The standard InChI is InChI=1S/C12H13N3O2/c1-8-6-10(16)2-3-11(8)14-12(17)7-9-4-5-13-15-9/h2-6,16H,7H2,1H3,(H,13,15)(H,14,17). The first-order valence-electron chi connectivity index (χ1n) is 5.23. The van der Waals surface area contributed by atoms with Crippen molar-refractivity contribution in [1.82, 2.24) is 10.2 Å². The highest BCUT2D eigenvalue weighted by molar-refractivity contribution is 5.92. The van der Waals surface area contributed by atoms with Crippen LogP contribution in [0.3, 0.4) is 0 Å². The summed E-state index contributed by atoms with van der Waals surface area (Å²) in [5.74, 6) is 0.0668. The second kappa shape index (κ2) is 4.69. The highest BCUT2D eigenvalue weighted by atomic mass is 16.3. The minimum Gasteiger partial charge on any atom is -0.508 e. The van der Waals surface area contributed by atoms with Crippen LogP contribution < -0.4 is 5.32 Å². The van der Waals surface area contributed by atoms with Crippen LogP contribution >= 0.6 is 0 Å². The van der Waals surface area contributed by atoms with Gasteiger partial charge in [0.05, 0.1) is 6.42 Å². The lowest BCUT2D eigenvalue weighted by molar-refractivity contribution is -0.115. The minimum absolute atomic E-state index is 0.122. The maximum atomic E-state index is 11.7. The molecule has 0 radical (unpaired) electrons. The number of phenolic OH excluding ortho intramolecular Hbond substituents is 1. The predicted molar refractivity (Wildman–Crippen MR) is 63.8 cm³/mol. The normalized spacial score (nSPS) is 10.2. The zero-order valence-electron chi connectivity index (χ0n) is 9.40. The molecule has 1 amide bonds. The second-order valence-corrected chi connectivity index (χ2v) is 3.81. The fourth-order valence-corrected chi connectivity index (χ4v) is 1.54. The Morgan fingerprint density at radius 3 is 2.94 bits per heavy atom. The van der Waals surface area contributed by atoms with Crippen molar-refractivity contribution < 1.29 is 9.90 Å². The van der Waals surface area contributed by atoms with Crippen LogP contribution in [0.4, 0.5) is 5.69 Å². The largest absolute Gasteiger partial charge is 0.508 e. The van der Waals surface area contributed by atoms with Crippen LogP contribution in [0.2, 0.25) is 0 Å². The zero-order chi connectivity index (χ0) is 12.3. The van der Waals surface area contributed by atoms with Crippen LogP contribution in [0, 0.1) is 6.92 Å². The SMILES string of the molecule is Cc1cc(O)ccc1NC(=O)Cc1ccn[nH]1. The number of rotatable bonds is 3. The number of carbonyl (C=O) groups is 1. The van der Waals surface area contributed by atoms with Crippen LogP contribution in [-0.2, 0) is 11.2 Å². The zero-order valence-corrected chi connectivity index (χ0v) is 9.40. The lowest BCUT2D eigenvalue weighted by Crippen LogP contribution is -2.15. The molecule has 0 saturated heterocycles. The number of nitrogens with one attached hydrogen (secondary N) is 2. The predicted octanol–water partition coefficient (Wildman–Crippen LogP) is 1.60. The average molecular weight is 231 g/mol. The monoisotopic (exact) mass is 231 g/mol. The smallest absolute Gasteiger partial charge is 0.230 e. The van der Waals surface area contributed by atoms with Gasteiger partial charge >= 0.3 is 0 Å². The molecule has 0 aliphatic carbocycles. The van der Waals surface area contributed by atoms with Gasteiger partial charge in [-0.05, 0) is 36.8 Å². The molecule has 0 atom stereocenters. The third-order valence-electron chi connectivity index (χ3n) is 2.39. The number of hydrogen-bond donors (Lipinski definition) is 3. The van der Waals surface area contributed by atoms with Gasteiger partial charge in [0.25, 0.3) is 0 Å². The molecule has 0 fully saturated rings. The van der Waals surface area contributed by atoms with E-state index in [9.17, 15) is 9.90 Å². The summed E-state index contributed by atoms with van der Waals surface area (Å²) in [6.07, 6.45) is 1.86. The number of H-pyrrole nitrogens is 1. The lowest BCUT2D eigenvalue weighted by Gasteiger charge is -2.07. The number of aryl methyl sites for hydroxylation is 1. The number of hydrogen-bond acceptors (Lipinski definition) is 3. The molecule has 0 aliphatic rings. The molecule has 0 spiro atoms. The number of aromatic hydroxyl groups is 1. The van der Waals surface area contributed by atoms with Gasteiger partial charge in [-0.15, -0.1) is 0 Å². The summed E-state index contributed by atoms with van der Waals surface area (Å²) in [5, 5.41) is 18.5. The third kappa shape index (κ3) is 2.84. The van der Waals surface area contributed by atoms with Crippen molar-refractivity contribution in [3.8, 4) is 5.75 Å². The quantitative estimate of drug-likeness (QED) is 0.702. The van der Waals surface area contributed by atoms with Crippen molar-refractivity contribution in [2.75, 3.05) is 5.32 Å². The summed E-state index contributed by atoms with van der Waals surface area (Å²) in [6.45, 7) is 1.82. The van der Waals surface area contributed by atoms with E-state index >= 15 is 0 Å². The van der Waals surface area contributed by atoms with Crippen LogP contribution in [0.1, 0.15) is 11.3 Å². The van der Waals surface area contributed by atoms with Gasteiger partial charge in [-0.25, -0.2) is 0 Å². The maximum Gasteiger partial charge on any atom is 0.230 e. The molecule has 0 aliphatic heterocycles. The molecule has 2 aromatic rings. The fourth-order valence-electron chi connectivity index (χ4n) is 1.54. The number of aromatic amines is 1. The molecule has 5 nitrogen and oxygen atoms in total. The molecular weight excluding hydrogens is 218 g/mol. The Balaban J connectivity index is 2.03. The number of phenols is 1. The summed E-state index contributed by atoms with van der Waals surface area (Å²) in [5.41, 5.74) is 2.29. The van der Waals surface area contributed by atoms with Crippen molar-refractivity contribution in [1.29, 1.82) is 0 Å². The first-order valence-corrected chi connectivity index (χ1v) is 5.23. The van der Waals surface area contributed by atoms with Crippen LogP contribution in [-0.4, -0.2) is 21.2 Å². The second-order valence-electron chi connectivity index (χ2n) is 3.81. The van der Waals surface area contributed by atoms with Crippen molar-refractivity contribution in [2.24, 2.45) is 0 Å². The van der Waals surface area contributed by atoms with E-state index in [1.165, 1.54) is 0 Å². The van der Waals surface area contributed by atoms with Crippen molar-refractivity contribution in [2.45, 2.75) is 13.3 Å². The molecule has 0 saturated carbocycles. The number of benzene rings is 1. The van der Waals surface area contributed by atoms with Crippen LogP contribution in [0.25, 0.3) is 0 Å². The number of anilines is 1. The van der Waals surface area contributed by atoms with Crippen molar-refractivity contribution in [3.05, 3.63) is 41.7 Å². The van der Waals surface area contributed by atoms with E-state index < -0.39 is 0 Å². The van der Waals surface area contributed by atoms with E-state index in [0.717, 1.165) is 11.3 Å². The molecule has 0 bridgehead atoms. The van der Waals surface area contributed by atoms with Gasteiger partial charge in [0.2, 0.25) is 5.91 Å². The van der Waals surface area contributed by atoms with E-state index in [-0.39, 0.29) is 18.1 Å². The summed E-state index contributed by atoms with van der Waals surface area (Å²) in [6, 6.07) is 6.57. The third-order valence-corrected chi connectivity index (χ3v) is 2.39. The highest BCUT2D eigenvalue weighted by Gasteiger charge is 2.07. The summed E-state index contributed by atoms with van der Waals surface area (Å²) < 4.78 is 0. The fraction of sp³-hybridized carbons (Fsp3) is 0.167. The molecular formula is C12H13N3O2. The van der Waals surface area contributed by atoms with Crippen LogP contribution in [0.5, 0.6) is 5.75 Å². The van der Waals surface area contributed by atoms with E-state index in [4.69, 9.17) is 0 Å². The van der Waals surface area contributed by atoms with Gasteiger partial charge in [-0.2, -0.15) is 5.10 Å². The highest BCUT2D eigenvalue weighted by Crippen LogP contribution is 2.20. The van der Waals surface area contributed by atoms with Gasteiger partial charge in [0, 0.05) is 17.6 Å². The van der Waals surface area contributed by atoms with E-state index in [1.54, 1.807) is 30.5 Å². The molecule has 17 heavy (non-hydrogen) atoms. The minimum atomic E-state index is -0.122. The van der Waals surface area contributed by atoms with Crippen molar-refractivity contribution >= 4 is 11.6 Å². The Bertz CT molecular complexity index is 521. The molecule has 1 aromatic carbocycles. The van der Waals surface area contributed by atoms with Gasteiger partial charge in [0.15, 0.2) is 0 Å². The molecule has 3 N–H and O–H groups in total. The topological polar surface area (TPSA) is 78.0 Å². The van der Waals surface area contributed by atoms with Gasteiger partial charge in [-0.3, -0.25) is 9.89 Å². The number of amides is 1. The molecule has 1 aromatic heterocycles. The molecule has 0 unspecified atom stereocenters. The number of carbonyl (C=O) groups excluding carboxylic acids is 1. The Morgan fingerprint density at radius 2 is 2.29 bits per heavy atom. The Kier molecular flexibility index (Phi) is 3.09. The average Bonchev–Trinajstić information content (AvgIpc) is 2.75. The lowest BCUT2D eigenvalue weighted by atomic mass is 10.2. The first kappa shape index (κ1) is 11.2. The van der Waals surface area contributed by atoms with E-state index in [1.807, 2.05) is 6.92 Å². The van der Waals surface area contributed by atoms with Gasteiger partial charge < -0.3 is 10.4 Å². The van der Waals surface area contributed by atoms with Crippen molar-refractivity contribution in [3.63, 3.8) is 0 Å². The maximum absolute atomic E-state index is 11.7. The molecule has 5 heteroatoms. The van der Waals surface area contributed by atoms with Gasteiger partial charge in [0.1, 0.15) is 5.75 Å².